The number of aromatic nitrogens is 2. The van der Waals surface area contributed by atoms with E-state index in [0.29, 0.717) is 12.3 Å². The Morgan fingerprint density at radius 3 is 2.25 bits per heavy atom. The summed E-state index contributed by atoms with van der Waals surface area (Å²) in [6, 6.07) is -3.71. The molecule has 16 nitrogen and oxygen atoms in total. The Kier molecular flexibility index (Phi) is 8.81. The quantitative estimate of drug-likeness (QED) is 0.149. The van der Waals surface area contributed by atoms with Crippen LogP contribution < -0.4 is 11.4 Å². The zero-order valence-electron chi connectivity index (χ0n) is 15.8. The number of anilines is 1. The molecule has 4 atom stereocenters. The molecule has 0 saturated carbocycles. The number of nitrogens with zero attached hydrogens (tertiary/aromatic N) is 2. The summed E-state index contributed by atoms with van der Waals surface area (Å²) in [6.45, 7) is 1.60. The lowest BCUT2D eigenvalue weighted by Crippen LogP contribution is -2.57. The van der Waals surface area contributed by atoms with E-state index in [2.05, 4.69) is 24.7 Å². The highest BCUT2D eigenvalue weighted by Gasteiger charge is 2.55. The number of hydrogen-bond donors (Lipinski definition) is 6. The third-order valence-corrected chi connectivity index (χ3v) is 7.32. The molecule has 1 aromatic rings. The van der Waals surface area contributed by atoms with Crippen molar-refractivity contribution in [2.45, 2.75) is 17.8 Å². The molecule has 1 heterocycles. The number of aliphatic hydroxyl groups excluding tert-OH is 1. The Balaban J connectivity index is 3.19. The van der Waals surface area contributed by atoms with Gasteiger partial charge in [0.25, 0.3) is 0 Å². The highest BCUT2D eigenvalue weighted by molar-refractivity contribution is 7.66. The zero-order valence-corrected chi connectivity index (χ0v) is 18.5. The average molecular weight is 531 g/mol. The van der Waals surface area contributed by atoms with E-state index in [1.807, 2.05) is 0 Å². The molecular weight excluding hydrogens is 513 g/mol. The van der Waals surface area contributed by atoms with Crippen LogP contribution in [-0.2, 0) is 37.6 Å². The number of halogens is 2. The third kappa shape index (κ3) is 7.31. The van der Waals surface area contributed by atoms with Crippen LogP contribution in [0.15, 0.2) is 29.7 Å². The summed E-state index contributed by atoms with van der Waals surface area (Å²) in [6.07, 6.45) is -2.08. The van der Waals surface area contributed by atoms with Crippen molar-refractivity contribution in [1.29, 1.82) is 0 Å². The molecule has 0 aliphatic heterocycles. The molecule has 1 rings (SSSR count). The SMILES string of the molecule is C=C[C@](COP(=O)(O)OP(=O)(O)OP(=O)(O)O)(OC)[C@@H](O)C(F)(F)n1ccc(N)nc1=O. The fraction of sp³-hybridized carbons (Fsp3) is 0.455. The van der Waals surface area contributed by atoms with Gasteiger partial charge in [-0.1, -0.05) is 6.08 Å². The molecule has 2 unspecified atom stereocenters. The van der Waals surface area contributed by atoms with Crippen LogP contribution in [0.25, 0.3) is 0 Å². The second-order valence-corrected chi connectivity index (χ2v) is 10.1. The minimum Gasteiger partial charge on any atom is -0.383 e. The van der Waals surface area contributed by atoms with Crippen molar-refractivity contribution in [1.82, 2.24) is 9.55 Å². The number of nitrogens with two attached hydrogens (primary N) is 1. The van der Waals surface area contributed by atoms with Crippen LogP contribution in [0, 0.1) is 0 Å². The van der Waals surface area contributed by atoms with Crippen molar-refractivity contribution in [3.05, 3.63) is 35.4 Å². The summed E-state index contributed by atoms with van der Waals surface area (Å²) in [7, 11) is -16.6. The number of hydrogen-bond acceptors (Lipinski definition) is 11. The van der Waals surface area contributed by atoms with Gasteiger partial charge in [-0.05, 0) is 6.07 Å². The van der Waals surface area contributed by atoms with Gasteiger partial charge >= 0.3 is 35.2 Å². The first-order valence-corrected chi connectivity index (χ1v) is 12.2. The van der Waals surface area contributed by atoms with Crippen molar-refractivity contribution in [3.63, 3.8) is 0 Å². The van der Waals surface area contributed by atoms with Crippen LogP contribution in [0.5, 0.6) is 0 Å². The molecule has 0 amide bonds. The van der Waals surface area contributed by atoms with Crippen LogP contribution in [-0.4, -0.2) is 59.7 Å². The molecule has 7 N–H and O–H groups in total. The van der Waals surface area contributed by atoms with Crippen molar-refractivity contribution in [2.24, 2.45) is 0 Å². The normalized spacial score (nSPS) is 19.4. The van der Waals surface area contributed by atoms with E-state index in [4.69, 9.17) is 25.2 Å². The highest BCUT2D eigenvalue weighted by atomic mass is 31.3. The summed E-state index contributed by atoms with van der Waals surface area (Å²) in [5.41, 5.74) is 0.846. The molecule has 21 heteroatoms. The molecule has 184 valence electrons. The van der Waals surface area contributed by atoms with Gasteiger partial charge in [-0.25, -0.2) is 23.1 Å². The van der Waals surface area contributed by atoms with Crippen LogP contribution >= 0.6 is 23.5 Å². The molecular formula is C11H18F2N3O13P3. The van der Waals surface area contributed by atoms with Gasteiger partial charge in [0.05, 0.1) is 6.61 Å². The fourth-order valence-corrected chi connectivity index (χ4v) is 5.12. The molecule has 1 aromatic heterocycles. The maximum Gasteiger partial charge on any atom is 0.490 e. The maximum absolute atomic E-state index is 14.8. The summed E-state index contributed by atoms with van der Waals surface area (Å²) in [5.74, 6) is -0.411. The molecule has 0 bridgehead atoms. The van der Waals surface area contributed by atoms with E-state index in [1.165, 1.54) is 0 Å². The van der Waals surface area contributed by atoms with E-state index in [0.717, 1.165) is 13.2 Å². The zero-order chi connectivity index (χ0) is 25.2. The fourth-order valence-electron chi connectivity index (χ4n) is 2.06. The van der Waals surface area contributed by atoms with Gasteiger partial charge in [0.15, 0.2) is 6.10 Å². The van der Waals surface area contributed by atoms with Crippen molar-refractivity contribution in [2.75, 3.05) is 19.5 Å². The molecule has 0 saturated heterocycles. The first-order chi connectivity index (χ1) is 14.3. The number of rotatable bonds is 12. The Bertz CT molecular complexity index is 1050. The Morgan fingerprint density at radius 1 is 1.25 bits per heavy atom. The minimum absolute atomic E-state index is 0.337. The smallest absolute Gasteiger partial charge is 0.383 e. The first kappa shape index (κ1) is 28.6. The Hall–Kier alpha value is -1.39. The Morgan fingerprint density at radius 2 is 1.81 bits per heavy atom. The van der Waals surface area contributed by atoms with Crippen LogP contribution in [0.2, 0.25) is 0 Å². The van der Waals surface area contributed by atoms with Crippen LogP contribution in [0.3, 0.4) is 0 Å². The van der Waals surface area contributed by atoms with Crippen molar-refractivity contribution < 1.29 is 65.0 Å². The van der Waals surface area contributed by atoms with E-state index in [9.17, 15) is 37.3 Å². The van der Waals surface area contributed by atoms with Crippen LogP contribution in [0.1, 0.15) is 0 Å². The number of phosphoric ester groups is 1. The number of nitrogen functional groups attached to an aromatic ring is 1. The monoisotopic (exact) mass is 531 g/mol. The molecule has 0 fully saturated rings. The van der Waals surface area contributed by atoms with E-state index < -0.39 is 59.3 Å². The number of ether oxygens (including phenoxy) is 1. The van der Waals surface area contributed by atoms with Gasteiger partial charge in [0.2, 0.25) is 0 Å². The predicted molar refractivity (Wildman–Crippen MR) is 98.9 cm³/mol. The molecule has 32 heavy (non-hydrogen) atoms. The van der Waals surface area contributed by atoms with Gasteiger partial charge < -0.3 is 35.2 Å². The molecule has 0 aliphatic carbocycles. The average Bonchev–Trinajstić information content (AvgIpc) is 2.59. The lowest BCUT2D eigenvalue weighted by atomic mass is 9.95. The largest absolute Gasteiger partial charge is 0.490 e. The highest BCUT2D eigenvalue weighted by Crippen LogP contribution is 2.66. The summed E-state index contributed by atoms with van der Waals surface area (Å²) >= 11 is 0. The van der Waals surface area contributed by atoms with E-state index in [-0.39, 0.29) is 4.57 Å². The third-order valence-electron chi connectivity index (χ3n) is 3.53. The molecule has 0 aliphatic rings. The van der Waals surface area contributed by atoms with Crippen LogP contribution in [0.4, 0.5) is 14.6 Å². The summed E-state index contributed by atoms with van der Waals surface area (Å²) in [5, 5.41) is 10.2. The van der Waals surface area contributed by atoms with Gasteiger partial charge in [-0.15, -0.1) is 6.58 Å². The lowest BCUT2D eigenvalue weighted by molar-refractivity contribution is -0.238. The number of phosphoric acid groups is 3. The standard InChI is InChI=1S/C11H18F2N3O13P3/c1-3-10(26-2,6-27-31(22,23)29-32(24,25)28-30(19,20)21)8(17)11(12,13)16-5-4-7(14)15-9(16)18/h3-5,8,17H,1,6H2,2H3,(H,22,23)(H,24,25)(H2,14,15,18)(H2,19,20,21)/t8-,10-/m1/s1. The van der Waals surface area contributed by atoms with Gasteiger partial charge in [-0.2, -0.15) is 22.4 Å². The molecule has 0 aromatic carbocycles. The maximum atomic E-state index is 14.8. The number of aliphatic hydroxyl groups is 1. The predicted octanol–water partition coefficient (Wildman–Crippen LogP) is -0.350. The minimum atomic E-state index is -5.89. The second-order valence-electron chi connectivity index (χ2n) is 5.72. The first-order valence-electron chi connectivity index (χ1n) is 7.69. The van der Waals surface area contributed by atoms with E-state index >= 15 is 0 Å². The summed E-state index contributed by atoms with van der Waals surface area (Å²) < 4.78 is 78.9. The van der Waals surface area contributed by atoms with Crippen molar-refractivity contribution >= 4 is 29.3 Å². The molecule has 0 spiro atoms. The lowest BCUT2D eigenvalue weighted by Gasteiger charge is -2.37. The van der Waals surface area contributed by atoms with Crippen molar-refractivity contribution in [3.8, 4) is 0 Å². The number of methoxy groups -OCH3 is 1. The summed E-state index contributed by atoms with van der Waals surface area (Å²) in [4.78, 5) is 50.3. The number of alkyl halides is 2. The van der Waals surface area contributed by atoms with Gasteiger partial charge in [0, 0.05) is 13.3 Å². The topological polar surface area (TPSA) is 250 Å². The second kappa shape index (κ2) is 9.85. The molecule has 0 radical (unpaired) electrons. The van der Waals surface area contributed by atoms with Gasteiger partial charge in [-0.3, -0.25) is 4.52 Å². The van der Waals surface area contributed by atoms with Gasteiger partial charge in [0.1, 0.15) is 11.4 Å². The Labute approximate surface area is 177 Å². The van der Waals surface area contributed by atoms with E-state index in [1.54, 1.807) is 0 Å².